The van der Waals surface area contributed by atoms with Crippen molar-refractivity contribution in [2.45, 2.75) is 43.8 Å². The Bertz CT molecular complexity index is 919. The summed E-state index contributed by atoms with van der Waals surface area (Å²) in [5.74, 6) is 0.527. The Morgan fingerprint density at radius 2 is 2.19 bits per heavy atom. The van der Waals surface area contributed by atoms with Crippen LogP contribution >= 0.6 is 11.8 Å². The summed E-state index contributed by atoms with van der Waals surface area (Å²) in [6.07, 6.45) is 5.85. The van der Waals surface area contributed by atoms with E-state index >= 15 is 0 Å². The first kappa shape index (κ1) is 17.7. The number of carbonyl (C=O) groups is 1. The topological polar surface area (TPSA) is 112 Å². The molecule has 1 aliphatic carbocycles. The van der Waals surface area contributed by atoms with Crippen molar-refractivity contribution < 1.29 is 9.21 Å². The van der Waals surface area contributed by atoms with Gasteiger partial charge in [0.25, 0.3) is 0 Å². The van der Waals surface area contributed by atoms with Gasteiger partial charge >= 0.3 is 0 Å². The Morgan fingerprint density at radius 3 is 2.96 bits per heavy atom. The first-order valence-corrected chi connectivity index (χ1v) is 9.77. The van der Waals surface area contributed by atoms with E-state index < -0.39 is 0 Å². The maximum Gasteiger partial charge on any atom is 0.247 e. The number of aryl methyl sites for hydroxylation is 1. The lowest BCUT2D eigenvalue weighted by atomic mass is 10.1. The number of carbonyl (C=O) groups excluding carboxylic acids is 1. The standard InChI is InChI=1S/C17H19N7O2S/c1-11-6-7-12(16-20-18-10-26-16)8-14(11)19-15(25)9-27-17-21-22-23-24(17)13-4-2-3-5-13/h6-8,10,13H,2-5,9H2,1H3,(H,19,25). The zero-order valence-corrected chi connectivity index (χ0v) is 15.6. The van der Waals surface area contributed by atoms with Crippen molar-refractivity contribution in [3.63, 3.8) is 0 Å². The number of hydrogen-bond acceptors (Lipinski definition) is 8. The van der Waals surface area contributed by atoms with Crippen LogP contribution in [-0.2, 0) is 4.79 Å². The first-order chi connectivity index (χ1) is 13.2. The lowest BCUT2D eigenvalue weighted by molar-refractivity contribution is -0.113. The lowest BCUT2D eigenvalue weighted by Gasteiger charge is -2.11. The SMILES string of the molecule is Cc1ccc(-c2nnco2)cc1NC(=O)CSc1nnnn1C1CCCC1. The molecule has 2 aromatic heterocycles. The Kier molecular flexibility index (Phi) is 5.14. The average molecular weight is 385 g/mol. The van der Waals surface area contributed by atoms with Gasteiger partial charge in [-0.15, -0.1) is 15.3 Å². The third kappa shape index (κ3) is 4.00. The van der Waals surface area contributed by atoms with Crippen LogP contribution in [0.25, 0.3) is 11.5 Å². The Labute approximate surface area is 159 Å². The molecule has 10 heteroatoms. The molecule has 2 heterocycles. The van der Waals surface area contributed by atoms with Gasteiger partial charge in [-0.2, -0.15) is 0 Å². The van der Waals surface area contributed by atoms with Crippen LogP contribution in [0.4, 0.5) is 5.69 Å². The van der Waals surface area contributed by atoms with Gasteiger partial charge in [-0.25, -0.2) is 4.68 Å². The molecule has 27 heavy (non-hydrogen) atoms. The van der Waals surface area contributed by atoms with Gasteiger partial charge in [-0.1, -0.05) is 30.7 Å². The Hall–Kier alpha value is -2.75. The quantitative estimate of drug-likeness (QED) is 0.645. The highest BCUT2D eigenvalue weighted by Gasteiger charge is 2.22. The van der Waals surface area contributed by atoms with Crippen molar-refractivity contribution in [2.24, 2.45) is 0 Å². The molecule has 1 aromatic carbocycles. The number of tetrazole rings is 1. The van der Waals surface area contributed by atoms with E-state index in [1.54, 1.807) is 0 Å². The van der Waals surface area contributed by atoms with Crippen LogP contribution < -0.4 is 5.32 Å². The Balaban J connectivity index is 1.40. The highest BCUT2D eigenvalue weighted by Crippen LogP contribution is 2.31. The fourth-order valence-electron chi connectivity index (χ4n) is 3.16. The molecule has 0 spiro atoms. The van der Waals surface area contributed by atoms with Gasteiger partial charge in [0, 0.05) is 11.3 Å². The molecule has 0 atom stereocenters. The molecule has 0 bridgehead atoms. The van der Waals surface area contributed by atoms with Crippen LogP contribution in [0, 0.1) is 6.92 Å². The zero-order chi connectivity index (χ0) is 18.6. The summed E-state index contributed by atoms with van der Waals surface area (Å²) in [5, 5.41) is 23.1. The van der Waals surface area contributed by atoms with Gasteiger partial charge in [-0.05, 0) is 47.9 Å². The van der Waals surface area contributed by atoms with E-state index in [2.05, 4.69) is 31.0 Å². The third-order valence-corrected chi connectivity index (χ3v) is 5.52. The molecular formula is C17H19N7O2S. The molecule has 4 rings (SSSR count). The molecule has 1 N–H and O–H groups in total. The number of hydrogen-bond donors (Lipinski definition) is 1. The molecular weight excluding hydrogens is 366 g/mol. The van der Waals surface area contributed by atoms with Crippen molar-refractivity contribution in [1.82, 2.24) is 30.4 Å². The summed E-state index contributed by atoms with van der Waals surface area (Å²) in [4.78, 5) is 12.4. The summed E-state index contributed by atoms with van der Waals surface area (Å²) in [7, 11) is 0. The predicted octanol–water partition coefficient (Wildman–Crippen LogP) is 2.88. The second kappa shape index (κ2) is 7.87. The molecule has 0 aliphatic heterocycles. The summed E-state index contributed by atoms with van der Waals surface area (Å²) in [6, 6.07) is 5.96. The zero-order valence-electron chi connectivity index (χ0n) is 14.8. The maximum atomic E-state index is 12.4. The fraction of sp³-hybridized carbons (Fsp3) is 0.412. The molecule has 140 valence electrons. The minimum absolute atomic E-state index is 0.119. The van der Waals surface area contributed by atoms with E-state index in [0.29, 0.717) is 22.8 Å². The number of aromatic nitrogens is 6. The number of anilines is 1. The number of nitrogens with zero attached hydrogens (tertiary/aromatic N) is 6. The van der Waals surface area contributed by atoms with Crippen molar-refractivity contribution in [1.29, 1.82) is 0 Å². The van der Waals surface area contributed by atoms with Gasteiger partial charge in [0.1, 0.15) is 0 Å². The predicted molar refractivity (Wildman–Crippen MR) is 99.1 cm³/mol. The molecule has 0 radical (unpaired) electrons. The van der Waals surface area contributed by atoms with E-state index in [9.17, 15) is 4.79 Å². The van der Waals surface area contributed by atoms with Crippen molar-refractivity contribution in [2.75, 3.05) is 11.1 Å². The molecule has 9 nitrogen and oxygen atoms in total. The summed E-state index contributed by atoms with van der Waals surface area (Å²) in [6.45, 7) is 1.93. The van der Waals surface area contributed by atoms with Gasteiger partial charge < -0.3 is 9.73 Å². The van der Waals surface area contributed by atoms with Gasteiger partial charge in [-0.3, -0.25) is 4.79 Å². The van der Waals surface area contributed by atoms with Crippen LogP contribution in [0.2, 0.25) is 0 Å². The molecule has 0 saturated heterocycles. The minimum Gasteiger partial charge on any atom is -0.423 e. The molecule has 1 saturated carbocycles. The molecule has 1 fully saturated rings. The van der Waals surface area contributed by atoms with Crippen molar-refractivity contribution >= 4 is 23.4 Å². The normalized spacial score (nSPS) is 14.6. The van der Waals surface area contributed by atoms with E-state index in [1.807, 2.05) is 29.8 Å². The first-order valence-electron chi connectivity index (χ1n) is 8.78. The number of amides is 1. The van der Waals surface area contributed by atoms with E-state index in [-0.39, 0.29) is 11.7 Å². The number of benzene rings is 1. The van der Waals surface area contributed by atoms with Crippen LogP contribution in [0.5, 0.6) is 0 Å². The summed E-state index contributed by atoms with van der Waals surface area (Å²) in [5.41, 5.74) is 2.42. The van der Waals surface area contributed by atoms with Crippen LogP contribution in [-0.4, -0.2) is 42.1 Å². The molecule has 1 amide bonds. The highest BCUT2D eigenvalue weighted by molar-refractivity contribution is 7.99. The Morgan fingerprint density at radius 1 is 1.33 bits per heavy atom. The maximum absolute atomic E-state index is 12.4. The van der Waals surface area contributed by atoms with Gasteiger partial charge in [0.15, 0.2) is 0 Å². The van der Waals surface area contributed by atoms with E-state index in [1.165, 1.54) is 31.0 Å². The largest absolute Gasteiger partial charge is 0.423 e. The highest BCUT2D eigenvalue weighted by atomic mass is 32.2. The van der Waals surface area contributed by atoms with Crippen molar-refractivity contribution in [3.05, 3.63) is 30.2 Å². The number of rotatable bonds is 6. The van der Waals surface area contributed by atoms with E-state index in [0.717, 1.165) is 24.0 Å². The second-order valence-electron chi connectivity index (χ2n) is 6.45. The van der Waals surface area contributed by atoms with Crippen LogP contribution in [0.3, 0.4) is 0 Å². The summed E-state index contributed by atoms with van der Waals surface area (Å²) < 4.78 is 7.07. The summed E-state index contributed by atoms with van der Waals surface area (Å²) >= 11 is 1.35. The lowest BCUT2D eigenvalue weighted by Crippen LogP contribution is -2.16. The van der Waals surface area contributed by atoms with Crippen LogP contribution in [0.15, 0.2) is 34.2 Å². The molecule has 3 aromatic rings. The third-order valence-electron chi connectivity index (χ3n) is 4.58. The van der Waals surface area contributed by atoms with Gasteiger partial charge in [0.2, 0.25) is 23.3 Å². The van der Waals surface area contributed by atoms with Gasteiger partial charge in [0.05, 0.1) is 11.8 Å². The number of thioether (sulfide) groups is 1. The second-order valence-corrected chi connectivity index (χ2v) is 7.40. The van der Waals surface area contributed by atoms with Crippen molar-refractivity contribution in [3.8, 4) is 11.5 Å². The minimum atomic E-state index is -0.119. The van der Waals surface area contributed by atoms with Crippen LogP contribution in [0.1, 0.15) is 37.3 Å². The number of nitrogens with one attached hydrogen (secondary N) is 1. The average Bonchev–Trinajstić information content (AvgIpc) is 3.42. The smallest absolute Gasteiger partial charge is 0.247 e. The monoisotopic (exact) mass is 385 g/mol. The van der Waals surface area contributed by atoms with E-state index in [4.69, 9.17) is 4.42 Å². The fourth-order valence-corrected chi connectivity index (χ4v) is 3.91. The molecule has 0 unspecified atom stereocenters. The molecule has 1 aliphatic rings.